The van der Waals surface area contributed by atoms with Crippen LogP contribution in [0.15, 0.2) is 17.3 Å². The van der Waals surface area contributed by atoms with Gasteiger partial charge in [-0.25, -0.2) is 13.4 Å². The fraction of sp³-hybridized carbons (Fsp3) is 0.538. The summed E-state index contributed by atoms with van der Waals surface area (Å²) in [4.78, 5) is 4.59. The van der Waals surface area contributed by atoms with Crippen LogP contribution in [0.25, 0.3) is 0 Å². The lowest BCUT2D eigenvalue weighted by Gasteiger charge is -2.34. The topological polar surface area (TPSA) is 95.9 Å². The lowest BCUT2D eigenvalue weighted by atomic mass is 10.2. The highest BCUT2D eigenvalue weighted by molar-refractivity contribution is 7.89. The second kappa shape index (κ2) is 6.60. The molecule has 0 amide bonds. The van der Waals surface area contributed by atoms with Gasteiger partial charge in [-0.05, 0) is 13.8 Å². The third kappa shape index (κ3) is 3.01. The molecule has 2 aromatic rings. The summed E-state index contributed by atoms with van der Waals surface area (Å²) in [5.74, 6) is 0.731. The van der Waals surface area contributed by atoms with Crippen LogP contribution in [0.2, 0.25) is 0 Å². The minimum Gasteiger partial charge on any atom is -0.337 e. The molecule has 128 valence electrons. The Bertz CT molecular complexity index is 765. The van der Waals surface area contributed by atoms with Crippen molar-refractivity contribution in [3.63, 3.8) is 0 Å². The molecule has 3 rings (SSSR count). The van der Waals surface area contributed by atoms with Gasteiger partial charge in [0.15, 0.2) is 0 Å². The first kappa shape index (κ1) is 17.9. The smallest absolute Gasteiger partial charge is 0.247 e. The van der Waals surface area contributed by atoms with Gasteiger partial charge in [-0.2, -0.15) is 9.40 Å². The van der Waals surface area contributed by atoms with Crippen molar-refractivity contribution in [2.45, 2.75) is 24.8 Å². The number of aromatic nitrogens is 4. The molecule has 1 unspecified atom stereocenters. The van der Waals surface area contributed by atoms with Crippen LogP contribution in [0.5, 0.6) is 0 Å². The summed E-state index contributed by atoms with van der Waals surface area (Å²) in [5.41, 5.74) is 1.06. The first-order valence-corrected chi connectivity index (χ1v) is 8.58. The number of aryl methyl sites for hydroxylation is 3. The summed E-state index contributed by atoms with van der Waals surface area (Å²) >= 11 is 0. The number of piperazine rings is 1. The van der Waals surface area contributed by atoms with E-state index in [0.717, 1.165) is 5.82 Å². The van der Waals surface area contributed by atoms with E-state index in [1.807, 2.05) is 17.8 Å². The number of H-pyrrole nitrogens is 1. The Morgan fingerprint density at radius 2 is 2.09 bits per heavy atom. The average molecular weight is 361 g/mol. The van der Waals surface area contributed by atoms with Crippen LogP contribution in [0.4, 0.5) is 0 Å². The van der Waals surface area contributed by atoms with E-state index < -0.39 is 10.0 Å². The zero-order valence-electron chi connectivity index (χ0n) is 13.3. The summed E-state index contributed by atoms with van der Waals surface area (Å²) < 4.78 is 29.6. The van der Waals surface area contributed by atoms with Gasteiger partial charge in [0.1, 0.15) is 10.7 Å². The third-order valence-electron chi connectivity index (χ3n) is 3.98. The Morgan fingerprint density at radius 1 is 1.35 bits per heavy atom. The van der Waals surface area contributed by atoms with E-state index >= 15 is 0 Å². The number of sulfonamides is 1. The van der Waals surface area contributed by atoms with E-state index in [1.54, 1.807) is 20.0 Å². The summed E-state index contributed by atoms with van der Waals surface area (Å²) in [6.45, 7) is 5.00. The molecule has 1 fully saturated rings. The van der Waals surface area contributed by atoms with Crippen molar-refractivity contribution in [2.24, 2.45) is 7.05 Å². The second-order valence-electron chi connectivity index (χ2n) is 5.50. The van der Waals surface area contributed by atoms with Crippen molar-refractivity contribution in [2.75, 3.05) is 19.6 Å². The highest BCUT2D eigenvalue weighted by atomic mass is 35.5. The SMILES string of the molecule is Cc1n[nH]c(C)c1S(=O)(=O)N1CCNCC1c1nccn1C.Cl. The summed E-state index contributed by atoms with van der Waals surface area (Å²) in [7, 11) is -1.75. The van der Waals surface area contributed by atoms with Crippen LogP contribution in [-0.2, 0) is 17.1 Å². The number of aromatic amines is 1. The average Bonchev–Trinajstić information content (AvgIpc) is 3.05. The van der Waals surface area contributed by atoms with Crippen LogP contribution in [0.3, 0.4) is 0 Å². The Kier molecular flexibility index (Phi) is 5.14. The van der Waals surface area contributed by atoms with Crippen molar-refractivity contribution in [1.29, 1.82) is 0 Å². The van der Waals surface area contributed by atoms with Crippen LogP contribution >= 0.6 is 12.4 Å². The Balaban J connectivity index is 0.00000192. The van der Waals surface area contributed by atoms with Gasteiger partial charge in [0.25, 0.3) is 0 Å². The second-order valence-corrected chi connectivity index (χ2v) is 7.32. The third-order valence-corrected chi connectivity index (χ3v) is 6.15. The Labute approximate surface area is 141 Å². The molecule has 0 aliphatic carbocycles. The fourth-order valence-electron chi connectivity index (χ4n) is 2.93. The van der Waals surface area contributed by atoms with Crippen molar-refractivity contribution < 1.29 is 8.42 Å². The van der Waals surface area contributed by atoms with Crippen LogP contribution in [0.1, 0.15) is 23.3 Å². The molecular weight excluding hydrogens is 340 g/mol. The van der Waals surface area contributed by atoms with Gasteiger partial charge in [0, 0.05) is 39.1 Å². The van der Waals surface area contributed by atoms with E-state index in [9.17, 15) is 8.42 Å². The quantitative estimate of drug-likeness (QED) is 0.831. The zero-order valence-corrected chi connectivity index (χ0v) is 14.9. The molecule has 0 spiro atoms. The first-order chi connectivity index (χ1) is 10.4. The summed E-state index contributed by atoms with van der Waals surface area (Å²) in [6.07, 6.45) is 3.51. The number of imidazole rings is 1. The molecule has 23 heavy (non-hydrogen) atoms. The molecule has 1 atom stereocenters. The zero-order chi connectivity index (χ0) is 15.9. The number of rotatable bonds is 3. The standard InChI is InChI=1S/C13H20N6O2S.ClH/c1-9-12(10(2)17-16-9)22(20,21)19-7-4-14-8-11(19)13-15-5-6-18(13)3;/h5-6,11,14H,4,7-8H2,1-3H3,(H,16,17);1H. The molecule has 1 aliphatic rings. The van der Waals surface area contributed by atoms with Gasteiger partial charge in [0.2, 0.25) is 10.0 Å². The number of hydrogen-bond donors (Lipinski definition) is 2. The number of nitrogens with zero attached hydrogens (tertiary/aromatic N) is 4. The maximum Gasteiger partial charge on any atom is 0.247 e. The highest BCUT2D eigenvalue weighted by Crippen LogP contribution is 2.30. The molecule has 8 nitrogen and oxygen atoms in total. The van der Waals surface area contributed by atoms with Gasteiger partial charge in [0.05, 0.1) is 17.4 Å². The number of halogens is 1. The number of nitrogens with one attached hydrogen (secondary N) is 2. The maximum atomic E-state index is 13.1. The summed E-state index contributed by atoms with van der Waals surface area (Å²) in [6, 6.07) is -0.326. The molecule has 2 N–H and O–H groups in total. The van der Waals surface area contributed by atoms with Crippen molar-refractivity contribution in [3.8, 4) is 0 Å². The van der Waals surface area contributed by atoms with Crippen molar-refractivity contribution >= 4 is 22.4 Å². The summed E-state index contributed by atoms with van der Waals surface area (Å²) in [5, 5.41) is 10.0. The molecule has 2 aromatic heterocycles. The van der Waals surface area contributed by atoms with Gasteiger partial charge >= 0.3 is 0 Å². The monoisotopic (exact) mass is 360 g/mol. The van der Waals surface area contributed by atoms with Crippen LogP contribution < -0.4 is 5.32 Å². The lowest BCUT2D eigenvalue weighted by molar-refractivity contribution is 0.258. The highest BCUT2D eigenvalue weighted by Gasteiger charge is 2.38. The molecule has 0 aromatic carbocycles. The van der Waals surface area contributed by atoms with Gasteiger partial charge in [-0.15, -0.1) is 12.4 Å². The minimum atomic E-state index is -3.63. The largest absolute Gasteiger partial charge is 0.337 e. The van der Waals surface area contributed by atoms with Gasteiger partial charge in [-0.1, -0.05) is 0 Å². The van der Waals surface area contributed by atoms with Gasteiger partial charge in [-0.3, -0.25) is 5.10 Å². The molecule has 3 heterocycles. The molecule has 1 saturated heterocycles. The molecule has 0 radical (unpaired) electrons. The lowest BCUT2D eigenvalue weighted by Crippen LogP contribution is -2.49. The van der Waals surface area contributed by atoms with Crippen molar-refractivity contribution in [3.05, 3.63) is 29.6 Å². The Hall–Kier alpha value is -1.42. The normalized spacial score (nSPS) is 19.5. The van der Waals surface area contributed by atoms with E-state index in [1.165, 1.54) is 4.31 Å². The molecule has 10 heteroatoms. The van der Waals surface area contributed by atoms with E-state index in [2.05, 4.69) is 20.5 Å². The van der Waals surface area contributed by atoms with Gasteiger partial charge < -0.3 is 9.88 Å². The van der Waals surface area contributed by atoms with Crippen molar-refractivity contribution in [1.82, 2.24) is 29.4 Å². The molecule has 0 saturated carbocycles. The van der Waals surface area contributed by atoms with Crippen LogP contribution in [-0.4, -0.2) is 52.1 Å². The molecular formula is C13H21ClN6O2S. The van der Waals surface area contributed by atoms with E-state index in [-0.39, 0.29) is 23.3 Å². The molecule has 0 bridgehead atoms. The molecule has 1 aliphatic heterocycles. The number of hydrogen-bond acceptors (Lipinski definition) is 5. The fourth-order valence-corrected chi connectivity index (χ4v) is 4.85. The Morgan fingerprint density at radius 3 is 2.65 bits per heavy atom. The minimum absolute atomic E-state index is 0. The predicted octanol–water partition coefficient (Wildman–Crippen LogP) is 0.517. The maximum absolute atomic E-state index is 13.1. The van der Waals surface area contributed by atoms with Crippen LogP contribution in [0, 0.1) is 13.8 Å². The van der Waals surface area contributed by atoms with E-state index in [0.29, 0.717) is 31.0 Å². The predicted molar refractivity (Wildman–Crippen MR) is 88.0 cm³/mol. The first-order valence-electron chi connectivity index (χ1n) is 7.14. The van der Waals surface area contributed by atoms with E-state index in [4.69, 9.17) is 0 Å².